The van der Waals surface area contributed by atoms with Crippen LogP contribution in [-0.2, 0) is 0 Å². The van der Waals surface area contributed by atoms with Crippen LogP contribution in [0, 0.1) is 0 Å². The molecule has 100 valence electrons. The fourth-order valence-corrected chi connectivity index (χ4v) is 2.11. The fraction of sp³-hybridized carbons (Fsp3) is 0.923. The van der Waals surface area contributed by atoms with E-state index in [1.165, 1.54) is 12.8 Å². The number of amides is 2. The van der Waals surface area contributed by atoms with Gasteiger partial charge in [0.05, 0.1) is 0 Å². The van der Waals surface area contributed by atoms with E-state index in [4.69, 9.17) is 0 Å². The maximum Gasteiger partial charge on any atom is 0.315 e. The van der Waals surface area contributed by atoms with Crippen molar-refractivity contribution in [3.8, 4) is 0 Å². The molecule has 1 rings (SSSR count). The highest BCUT2D eigenvalue weighted by molar-refractivity contribution is 5.74. The minimum atomic E-state index is -0.0494. The Labute approximate surface area is 105 Å². The molecule has 0 spiro atoms. The topological polar surface area (TPSA) is 44.4 Å². The summed E-state index contributed by atoms with van der Waals surface area (Å²) in [5.74, 6) is 0. The van der Waals surface area contributed by atoms with Gasteiger partial charge >= 0.3 is 6.03 Å². The van der Waals surface area contributed by atoms with Gasteiger partial charge in [-0.05, 0) is 53.1 Å². The number of carbonyl (C=O) groups is 1. The molecule has 4 nitrogen and oxygen atoms in total. The lowest BCUT2D eigenvalue weighted by molar-refractivity contribution is 0.151. The maximum atomic E-state index is 11.6. The summed E-state index contributed by atoms with van der Waals surface area (Å²) in [6.07, 6.45) is 3.52. The Hall–Kier alpha value is -0.770. The standard InChI is InChI=1S/C13H27N3O/c1-5-11(2)15-12(17)14-10-13(3,4)16-8-6-7-9-16/h11H,5-10H2,1-4H3,(H2,14,15,17). The summed E-state index contributed by atoms with van der Waals surface area (Å²) in [7, 11) is 0. The Balaban J connectivity index is 2.30. The molecule has 1 aliphatic rings. The van der Waals surface area contributed by atoms with Gasteiger partial charge in [0.25, 0.3) is 0 Å². The lowest BCUT2D eigenvalue weighted by atomic mass is 10.0. The van der Waals surface area contributed by atoms with E-state index in [9.17, 15) is 4.79 Å². The third-order valence-electron chi connectivity index (χ3n) is 3.63. The first kappa shape index (κ1) is 14.3. The first-order valence-corrected chi connectivity index (χ1v) is 6.75. The summed E-state index contributed by atoms with van der Waals surface area (Å²) in [4.78, 5) is 14.1. The predicted molar refractivity (Wildman–Crippen MR) is 71.2 cm³/mol. The van der Waals surface area contributed by atoms with Crippen molar-refractivity contribution in [1.82, 2.24) is 15.5 Å². The molecule has 1 heterocycles. The average Bonchev–Trinajstić information content (AvgIpc) is 2.80. The molecular weight excluding hydrogens is 214 g/mol. The second kappa shape index (κ2) is 6.24. The van der Waals surface area contributed by atoms with Crippen LogP contribution in [0.5, 0.6) is 0 Å². The average molecular weight is 241 g/mol. The lowest BCUT2D eigenvalue weighted by Gasteiger charge is -2.35. The lowest BCUT2D eigenvalue weighted by Crippen LogP contribution is -2.52. The zero-order valence-electron chi connectivity index (χ0n) is 11.7. The smallest absolute Gasteiger partial charge is 0.315 e. The largest absolute Gasteiger partial charge is 0.336 e. The SMILES string of the molecule is CCC(C)NC(=O)NCC(C)(C)N1CCCC1. The molecular formula is C13H27N3O. The highest BCUT2D eigenvalue weighted by Gasteiger charge is 2.29. The van der Waals surface area contributed by atoms with Gasteiger partial charge in [0.15, 0.2) is 0 Å². The van der Waals surface area contributed by atoms with Crippen LogP contribution in [0.2, 0.25) is 0 Å². The Morgan fingerprint density at radius 2 is 1.94 bits per heavy atom. The first-order chi connectivity index (χ1) is 7.95. The van der Waals surface area contributed by atoms with Gasteiger partial charge in [-0.15, -0.1) is 0 Å². The second-order valence-electron chi connectivity index (χ2n) is 5.64. The number of hydrogen-bond acceptors (Lipinski definition) is 2. The van der Waals surface area contributed by atoms with Gasteiger partial charge in [0.1, 0.15) is 0 Å². The molecule has 0 radical (unpaired) electrons. The van der Waals surface area contributed by atoms with Crippen LogP contribution >= 0.6 is 0 Å². The molecule has 0 aromatic carbocycles. The van der Waals surface area contributed by atoms with E-state index < -0.39 is 0 Å². The van der Waals surface area contributed by atoms with Crippen LogP contribution in [0.1, 0.15) is 47.0 Å². The molecule has 0 aliphatic carbocycles. The van der Waals surface area contributed by atoms with E-state index in [1.807, 2.05) is 6.92 Å². The maximum absolute atomic E-state index is 11.6. The Morgan fingerprint density at radius 3 is 2.47 bits per heavy atom. The van der Waals surface area contributed by atoms with Crippen LogP contribution in [0.4, 0.5) is 4.79 Å². The first-order valence-electron chi connectivity index (χ1n) is 6.75. The Morgan fingerprint density at radius 1 is 1.35 bits per heavy atom. The summed E-state index contributed by atoms with van der Waals surface area (Å²) in [6, 6.07) is 0.191. The Kier molecular flexibility index (Phi) is 5.25. The van der Waals surface area contributed by atoms with Crippen LogP contribution in [0.25, 0.3) is 0 Å². The zero-order valence-corrected chi connectivity index (χ0v) is 11.7. The predicted octanol–water partition coefficient (Wildman–Crippen LogP) is 1.96. The fourth-order valence-electron chi connectivity index (χ4n) is 2.11. The van der Waals surface area contributed by atoms with Gasteiger partial charge in [0.2, 0.25) is 0 Å². The minimum Gasteiger partial charge on any atom is -0.336 e. The number of hydrogen-bond donors (Lipinski definition) is 2. The van der Waals surface area contributed by atoms with E-state index in [1.54, 1.807) is 0 Å². The van der Waals surface area contributed by atoms with Crippen molar-refractivity contribution in [1.29, 1.82) is 0 Å². The van der Waals surface area contributed by atoms with E-state index in [-0.39, 0.29) is 17.6 Å². The molecule has 1 aliphatic heterocycles. The molecule has 1 unspecified atom stereocenters. The van der Waals surface area contributed by atoms with Crippen molar-refractivity contribution in [3.63, 3.8) is 0 Å². The molecule has 4 heteroatoms. The number of carbonyl (C=O) groups excluding carboxylic acids is 1. The van der Waals surface area contributed by atoms with Crippen molar-refractivity contribution in [3.05, 3.63) is 0 Å². The summed E-state index contributed by atoms with van der Waals surface area (Å²) >= 11 is 0. The van der Waals surface area contributed by atoms with Crippen molar-refractivity contribution >= 4 is 6.03 Å². The summed E-state index contributed by atoms with van der Waals surface area (Å²) in [5, 5.41) is 5.90. The van der Waals surface area contributed by atoms with Gasteiger partial charge in [-0.3, -0.25) is 4.90 Å². The van der Waals surface area contributed by atoms with Crippen molar-refractivity contribution < 1.29 is 4.79 Å². The summed E-state index contributed by atoms with van der Waals surface area (Å²) in [6.45, 7) is 11.5. The van der Waals surface area contributed by atoms with Crippen molar-refractivity contribution in [2.45, 2.75) is 58.5 Å². The van der Waals surface area contributed by atoms with Crippen molar-refractivity contribution in [2.24, 2.45) is 0 Å². The van der Waals surface area contributed by atoms with Crippen molar-refractivity contribution in [2.75, 3.05) is 19.6 Å². The van der Waals surface area contributed by atoms with E-state index in [0.717, 1.165) is 19.5 Å². The molecule has 0 aromatic rings. The highest BCUT2D eigenvalue weighted by Crippen LogP contribution is 2.19. The van der Waals surface area contributed by atoms with Crippen LogP contribution < -0.4 is 10.6 Å². The number of likely N-dealkylation sites (tertiary alicyclic amines) is 1. The van der Waals surface area contributed by atoms with Gasteiger partial charge < -0.3 is 10.6 Å². The van der Waals surface area contributed by atoms with Crippen LogP contribution in [-0.4, -0.2) is 42.1 Å². The van der Waals surface area contributed by atoms with Gasteiger partial charge in [0, 0.05) is 18.1 Å². The van der Waals surface area contributed by atoms with E-state index >= 15 is 0 Å². The zero-order chi connectivity index (χ0) is 12.9. The monoisotopic (exact) mass is 241 g/mol. The summed E-state index contributed by atoms with van der Waals surface area (Å²) < 4.78 is 0. The molecule has 17 heavy (non-hydrogen) atoms. The van der Waals surface area contributed by atoms with Crippen LogP contribution in [0.15, 0.2) is 0 Å². The second-order valence-corrected chi connectivity index (χ2v) is 5.64. The van der Waals surface area contributed by atoms with E-state index in [2.05, 4.69) is 36.3 Å². The highest BCUT2D eigenvalue weighted by atomic mass is 16.2. The minimum absolute atomic E-state index is 0.0494. The van der Waals surface area contributed by atoms with Gasteiger partial charge in [-0.1, -0.05) is 6.92 Å². The molecule has 1 fully saturated rings. The normalized spacial score (nSPS) is 19.1. The number of nitrogens with zero attached hydrogens (tertiary/aromatic N) is 1. The number of rotatable bonds is 5. The molecule has 0 saturated carbocycles. The molecule has 1 saturated heterocycles. The molecule has 2 N–H and O–H groups in total. The van der Waals surface area contributed by atoms with Gasteiger partial charge in [-0.2, -0.15) is 0 Å². The third-order valence-corrected chi connectivity index (χ3v) is 3.63. The summed E-state index contributed by atoms with van der Waals surface area (Å²) in [5.41, 5.74) is 0.0588. The number of nitrogens with one attached hydrogen (secondary N) is 2. The van der Waals surface area contributed by atoms with Gasteiger partial charge in [-0.25, -0.2) is 4.79 Å². The number of urea groups is 1. The third kappa shape index (κ3) is 4.54. The van der Waals surface area contributed by atoms with Crippen LogP contribution in [0.3, 0.4) is 0 Å². The molecule has 1 atom stereocenters. The molecule has 0 bridgehead atoms. The van der Waals surface area contributed by atoms with E-state index in [0.29, 0.717) is 6.54 Å². The molecule has 0 aromatic heterocycles. The molecule has 2 amide bonds. The Bertz CT molecular complexity index is 247. The quantitative estimate of drug-likeness (QED) is 0.773.